The molecule has 9 aromatic rings. The minimum Gasteiger partial charge on any atom is -0.310 e. The topological polar surface area (TPSA) is 3.24 Å². The molecule has 8 aromatic carbocycles. The van der Waals surface area contributed by atoms with Gasteiger partial charge in [-0.05, 0) is 115 Å². The molecule has 268 valence electrons. The molecule has 11 rings (SSSR count). The highest BCUT2D eigenvalue weighted by Crippen LogP contribution is 2.58. The van der Waals surface area contributed by atoms with Gasteiger partial charge in [0, 0.05) is 48.1 Å². The SMILES string of the molecule is CC1(C)c2ccccc2-c2ccc(N(c3ccc(-c4ccccc4)cc3)c3ccc4c(c3)C(C)(C)c3cc5sc6ccccc6c5c(-c5ccccc5)c3-4)cc21. The fourth-order valence-electron chi connectivity index (χ4n) is 9.82. The van der Waals surface area contributed by atoms with Gasteiger partial charge >= 0.3 is 0 Å². The van der Waals surface area contributed by atoms with Crippen molar-refractivity contribution in [2.24, 2.45) is 0 Å². The van der Waals surface area contributed by atoms with Gasteiger partial charge in [-0.3, -0.25) is 0 Å². The Kier molecular flexibility index (Phi) is 7.18. The van der Waals surface area contributed by atoms with Gasteiger partial charge in [-0.1, -0.05) is 155 Å². The summed E-state index contributed by atoms with van der Waals surface area (Å²) in [5.74, 6) is 0. The third-order valence-electron chi connectivity index (χ3n) is 12.7. The molecule has 2 heteroatoms. The smallest absolute Gasteiger partial charge is 0.0465 e. The zero-order valence-corrected chi connectivity index (χ0v) is 32.9. The number of nitrogens with zero attached hydrogens (tertiary/aromatic N) is 1. The second-order valence-corrected chi connectivity index (χ2v) is 17.6. The van der Waals surface area contributed by atoms with E-state index in [0.29, 0.717) is 0 Å². The van der Waals surface area contributed by atoms with Crippen LogP contribution in [0.25, 0.3) is 64.7 Å². The van der Waals surface area contributed by atoms with Crippen molar-refractivity contribution in [2.75, 3.05) is 4.90 Å². The lowest BCUT2D eigenvalue weighted by Gasteiger charge is -2.30. The average molecular weight is 736 g/mol. The largest absolute Gasteiger partial charge is 0.310 e. The number of rotatable bonds is 5. The highest BCUT2D eigenvalue weighted by atomic mass is 32.1. The van der Waals surface area contributed by atoms with Crippen LogP contribution < -0.4 is 4.90 Å². The Morgan fingerprint density at radius 1 is 0.375 bits per heavy atom. The van der Waals surface area contributed by atoms with E-state index in [4.69, 9.17) is 0 Å². The molecule has 0 saturated carbocycles. The fourth-order valence-corrected chi connectivity index (χ4v) is 11.0. The van der Waals surface area contributed by atoms with Crippen LogP contribution in [0.4, 0.5) is 17.1 Å². The molecule has 0 bridgehead atoms. The molecule has 0 spiro atoms. The van der Waals surface area contributed by atoms with Crippen LogP contribution in [0.5, 0.6) is 0 Å². The summed E-state index contributed by atoms with van der Waals surface area (Å²) < 4.78 is 2.69. The summed E-state index contributed by atoms with van der Waals surface area (Å²) in [4.78, 5) is 2.47. The summed E-state index contributed by atoms with van der Waals surface area (Å²) in [7, 11) is 0. The molecule has 1 nitrogen and oxygen atoms in total. The molecule has 0 N–H and O–H groups in total. The Balaban J connectivity index is 1.12. The van der Waals surface area contributed by atoms with Crippen LogP contribution in [0, 0.1) is 0 Å². The van der Waals surface area contributed by atoms with Gasteiger partial charge in [-0.15, -0.1) is 11.3 Å². The Morgan fingerprint density at radius 2 is 0.911 bits per heavy atom. The monoisotopic (exact) mass is 735 g/mol. The van der Waals surface area contributed by atoms with Crippen LogP contribution in [0.3, 0.4) is 0 Å². The number of benzene rings is 8. The van der Waals surface area contributed by atoms with E-state index in [2.05, 4.69) is 209 Å². The highest BCUT2D eigenvalue weighted by molar-refractivity contribution is 7.26. The summed E-state index contributed by atoms with van der Waals surface area (Å²) in [6, 6.07) is 65.5. The van der Waals surface area contributed by atoms with Crippen molar-refractivity contribution in [3.05, 3.63) is 198 Å². The second-order valence-electron chi connectivity index (χ2n) is 16.5. The number of anilines is 3. The first kappa shape index (κ1) is 33.1. The molecule has 2 aliphatic carbocycles. The summed E-state index contributed by atoms with van der Waals surface area (Å²) in [6.07, 6.45) is 0. The first-order valence-electron chi connectivity index (χ1n) is 19.7. The minimum absolute atomic E-state index is 0.1000. The lowest BCUT2D eigenvalue weighted by atomic mass is 9.81. The maximum absolute atomic E-state index is 2.50. The van der Waals surface area contributed by atoms with Gasteiger partial charge < -0.3 is 4.90 Å². The molecule has 0 radical (unpaired) electrons. The van der Waals surface area contributed by atoms with Crippen LogP contribution in [0.15, 0.2) is 176 Å². The van der Waals surface area contributed by atoms with E-state index in [0.717, 1.165) is 5.69 Å². The lowest BCUT2D eigenvalue weighted by Crippen LogP contribution is -2.18. The molecule has 0 unspecified atom stereocenters. The Morgan fingerprint density at radius 3 is 1.64 bits per heavy atom. The maximum atomic E-state index is 2.50. The van der Waals surface area contributed by atoms with Gasteiger partial charge in [-0.2, -0.15) is 0 Å². The van der Waals surface area contributed by atoms with E-state index in [1.165, 1.54) is 98.3 Å². The van der Waals surface area contributed by atoms with E-state index in [1.54, 1.807) is 0 Å². The highest BCUT2D eigenvalue weighted by Gasteiger charge is 2.40. The van der Waals surface area contributed by atoms with Crippen LogP contribution in [0.2, 0.25) is 0 Å². The lowest BCUT2D eigenvalue weighted by molar-refractivity contribution is 0.660. The second kappa shape index (κ2) is 12.1. The zero-order valence-electron chi connectivity index (χ0n) is 32.1. The summed E-state index contributed by atoms with van der Waals surface area (Å²) in [5.41, 5.74) is 19.1. The standard InChI is InChI=1S/C54H41NS/c1-53(2)44-21-13-11-19-40(44)41-29-27-38(31-45(41)53)55(37-25-23-35(24-26-37)34-15-7-5-8-16-34)39-28-30-42-46(32-39)54(3,4)47-33-49-52(43-20-12-14-22-48(43)56-49)50(51(42)47)36-17-9-6-10-18-36/h5-33H,1-4H3. The number of thiophene rings is 1. The Hall–Kier alpha value is -6.22. The predicted molar refractivity (Wildman–Crippen MR) is 240 cm³/mol. The summed E-state index contributed by atoms with van der Waals surface area (Å²) >= 11 is 1.91. The van der Waals surface area contributed by atoms with E-state index < -0.39 is 0 Å². The van der Waals surface area contributed by atoms with Crippen molar-refractivity contribution in [3.8, 4) is 44.5 Å². The van der Waals surface area contributed by atoms with Gasteiger partial charge in [0.15, 0.2) is 0 Å². The molecule has 0 saturated heterocycles. The number of fused-ring (bicyclic) bond motifs is 9. The van der Waals surface area contributed by atoms with Crippen LogP contribution in [0.1, 0.15) is 49.9 Å². The maximum Gasteiger partial charge on any atom is 0.0465 e. The van der Waals surface area contributed by atoms with Gasteiger partial charge in [0.2, 0.25) is 0 Å². The predicted octanol–water partition coefficient (Wildman–Crippen LogP) is 15.5. The van der Waals surface area contributed by atoms with Crippen molar-refractivity contribution in [1.29, 1.82) is 0 Å². The third-order valence-corrected chi connectivity index (χ3v) is 13.8. The molecule has 2 aliphatic rings. The molecule has 0 fully saturated rings. The zero-order chi connectivity index (χ0) is 37.8. The Bertz CT molecular complexity index is 3000. The van der Waals surface area contributed by atoms with Gasteiger partial charge in [0.05, 0.1) is 0 Å². The van der Waals surface area contributed by atoms with Gasteiger partial charge in [0.25, 0.3) is 0 Å². The van der Waals surface area contributed by atoms with E-state index in [9.17, 15) is 0 Å². The van der Waals surface area contributed by atoms with Crippen molar-refractivity contribution in [1.82, 2.24) is 0 Å². The molecule has 0 aliphatic heterocycles. The van der Waals surface area contributed by atoms with Crippen molar-refractivity contribution in [3.63, 3.8) is 0 Å². The van der Waals surface area contributed by atoms with Crippen molar-refractivity contribution >= 4 is 48.6 Å². The molecule has 0 atom stereocenters. The molecular weight excluding hydrogens is 695 g/mol. The molecule has 56 heavy (non-hydrogen) atoms. The van der Waals surface area contributed by atoms with Gasteiger partial charge in [0.1, 0.15) is 0 Å². The molecule has 1 heterocycles. The average Bonchev–Trinajstić information content (AvgIpc) is 3.80. The molecular formula is C54H41NS. The quantitative estimate of drug-likeness (QED) is 0.170. The van der Waals surface area contributed by atoms with E-state index in [1.807, 2.05) is 11.3 Å². The van der Waals surface area contributed by atoms with Crippen molar-refractivity contribution < 1.29 is 0 Å². The fraction of sp³-hybridized carbons (Fsp3) is 0.111. The molecule has 0 amide bonds. The van der Waals surface area contributed by atoms with Crippen LogP contribution in [-0.4, -0.2) is 0 Å². The van der Waals surface area contributed by atoms with E-state index in [-0.39, 0.29) is 10.8 Å². The summed E-state index contributed by atoms with van der Waals surface area (Å²) in [5, 5.41) is 2.70. The van der Waals surface area contributed by atoms with Crippen LogP contribution in [-0.2, 0) is 10.8 Å². The minimum atomic E-state index is -0.209. The van der Waals surface area contributed by atoms with Crippen molar-refractivity contribution in [2.45, 2.75) is 38.5 Å². The van der Waals surface area contributed by atoms with Gasteiger partial charge in [-0.25, -0.2) is 0 Å². The third kappa shape index (κ3) is 4.79. The Labute approximate surface area is 333 Å². The van der Waals surface area contributed by atoms with E-state index >= 15 is 0 Å². The first-order valence-corrected chi connectivity index (χ1v) is 20.5. The first-order chi connectivity index (χ1) is 27.3. The number of hydrogen-bond donors (Lipinski definition) is 0. The molecule has 1 aromatic heterocycles. The summed E-state index contributed by atoms with van der Waals surface area (Å²) in [6.45, 7) is 9.58. The normalized spacial score (nSPS) is 14.4. The number of hydrogen-bond acceptors (Lipinski definition) is 2. The van der Waals surface area contributed by atoms with Crippen LogP contribution >= 0.6 is 11.3 Å².